The summed E-state index contributed by atoms with van der Waals surface area (Å²) in [7, 11) is 0. The first-order valence-electron chi connectivity index (χ1n) is 6.03. The second-order valence-electron chi connectivity index (χ2n) is 4.13. The molecule has 0 saturated heterocycles. The van der Waals surface area contributed by atoms with Crippen molar-refractivity contribution in [3.63, 3.8) is 0 Å². The smallest absolute Gasteiger partial charge is 0.334 e. The van der Waals surface area contributed by atoms with E-state index in [1.165, 1.54) is 6.08 Å². The van der Waals surface area contributed by atoms with E-state index in [2.05, 4.69) is 0 Å². The van der Waals surface area contributed by atoms with Gasteiger partial charge in [-0.15, -0.1) is 0 Å². The van der Waals surface area contributed by atoms with Crippen LogP contribution in [0.1, 0.15) is 26.2 Å². The molecule has 7 nitrogen and oxygen atoms in total. The van der Waals surface area contributed by atoms with E-state index in [-0.39, 0.29) is 5.57 Å². The first-order valence-corrected chi connectivity index (χ1v) is 6.03. The number of aliphatic hydroxyl groups is 1. The molecule has 0 aliphatic heterocycles. The monoisotopic (exact) mass is 286 g/mol. The van der Waals surface area contributed by atoms with Gasteiger partial charge in [-0.2, -0.15) is 0 Å². The van der Waals surface area contributed by atoms with Crippen molar-refractivity contribution in [3.05, 3.63) is 24.0 Å². The predicted molar refractivity (Wildman–Crippen MR) is 69.3 cm³/mol. The highest BCUT2D eigenvalue weighted by Gasteiger charge is 2.32. The van der Waals surface area contributed by atoms with Crippen molar-refractivity contribution in [1.29, 1.82) is 0 Å². The third kappa shape index (κ3) is 5.55. The highest BCUT2D eigenvalue weighted by molar-refractivity contribution is 5.86. The molecule has 1 aliphatic carbocycles. The molecule has 7 heteroatoms. The lowest BCUT2D eigenvalue weighted by atomic mass is 9.84. The molecule has 1 rings (SSSR count). The number of carbonyl (C=O) groups is 3. The Morgan fingerprint density at radius 2 is 1.80 bits per heavy atom. The van der Waals surface area contributed by atoms with Crippen LogP contribution in [0.25, 0.3) is 0 Å². The van der Waals surface area contributed by atoms with Gasteiger partial charge in [-0.05, 0) is 19.3 Å². The summed E-state index contributed by atoms with van der Waals surface area (Å²) in [4.78, 5) is 31.1. The molecule has 2 unspecified atom stereocenters. The number of aliphatic carboxylic acids is 3. The average Bonchev–Trinajstić information content (AvgIpc) is 2.40. The Morgan fingerprint density at radius 1 is 1.20 bits per heavy atom. The molecule has 0 amide bonds. The Hall–Kier alpha value is -2.31. The van der Waals surface area contributed by atoms with Gasteiger partial charge in [-0.3, -0.25) is 9.59 Å². The zero-order valence-corrected chi connectivity index (χ0v) is 11.0. The van der Waals surface area contributed by atoms with Gasteiger partial charge >= 0.3 is 17.9 Å². The fourth-order valence-electron chi connectivity index (χ4n) is 1.66. The molecule has 112 valence electrons. The van der Waals surface area contributed by atoms with Crippen molar-refractivity contribution in [1.82, 2.24) is 0 Å². The highest BCUT2D eigenvalue weighted by atomic mass is 16.4. The standard InChI is InChI=1S/C8H10O4.C5H8O3/c9-7(10)5-3-1-2-4-6(5)8(11)12;1-2-4(3-6)5(7)8/h1,3,5-6H,2,4H2,(H,9,10)(H,11,12);3,6H,2H2,1H3,(H,7,8). The Kier molecular flexibility index (Phi) is 7.72. The summed E-state index contributed by atoms with van der Waals surface area (Å²) in [6.45, 7) is 1.66. The normalized spacial score (nSPS) is 21.6. The van der Waals surface area contributed by atoms with E-state index in [9.17, 15) is 14.4 Å². The van der Waals surface area contributed by atoms with E-state index in [0.29, 0.717) is 25.5 Å². The minimum absolute atomic E-state index is 0.0324. The number of carboxylic acids is 3. The third-order valence-electron chi connectivity index (χ3n) is 2.84. The fourth-order valence-corrected chi connectivity index (χ4v) is 1.66. The van der Waals surface area contributed by atoms with Crippen LogP contribution in [-0.2, 0) is 14.4 Å². The van der Waals surface area contributed by atoms with Gasteiger partial charge < -0.3 is 20.4 Å². The number of hydrogen-bond acceptors (Lipinski definition) is 4. The molecule has 0 radical (unpaired) electrons. The lowest BCUT2D eigenvalue weighted by molar-refractivity contribution is -0.152. The van der Waals surface area contributed by atoms with Crippen molar-refractivity contribution in [2.45, 2.75) is 26.2 Å². The number of carboxylic acid groups (broad SMARTS) is 3. The third-order valence-corrected chi connectivity index (χ3v) is 2.84. The molecule has 0 fully saturated rings. The van der Waals surface area contributed by atoms with Crippen molar-refractivity contribution >= 4 is 17.9 Å². The van der Waals surface area contributed by atoms with Crippen LogP contribution in [0.2, 0.25) is 0 Å². The second kappa shape index (κ2) is 8.73. The maximum absolute atomic E-state index is 10.6. The molecule has 2 atom stereocenters. The van der Waals surface area contributed by atoms with Gasteiger partial charge in [-0.25, -0.2) is 4.79 Å². The van der Waals surface area contributed by atoms with Gasteiger partial charge in [-0.1, -0.05) is 19.1 Å². The number of hydrogen-bond donors (Lipinski definition) is 4. The van der Waals surface area contributed by atoms with Gasteiger partial charge in [0.05, 0.1) is 23.7 Å². The molecule has 1 aliphatic rings. The van der Waals surface area contributed by atoms with E-state index in [1.807, 2.05) is 0 Å². The van der Waals surface area contributed by atoms with Gasteiger partial charge in [0.2, 0.25) is 0 Å². The van der Waals surface area contributed by atoms with Crippen LogP contribution in [-0.4, -0.2) is 38.3 Å². The molecule has 20 heavy (non-hydrogen) atoms. The molecular weight excluding hydrogens is 268 g/mol. The van der Waals surface area contributed by atoms with E-state index in [0.717, 1.165) is 0 Å². The molecule has 0 heterocycles. The van der Waals surface area contributed by atoms with Gasteiger partial charge in [0.25, 0.3) is 0 Å². The lowest BCUT2D eigenvalue weighted by Gasteiger charge is -2.19. The summed E-state index contributed by atoms with van der Waals surface area (Å²) >= 11 is 0. The Labute approximate surface area is 115 Å². The molecule has 0 spiro atoms. The molecule has 4 N–H and O–H groups in total. The first kappa shape index (κ1) is 17.7. The van der Waals surface area contributed by atoms with E-state index < -0.39 is 29.7 Å². The van der Waals surface area contributed by atoms with Crippen molar-refractivity contribution in [3.8, 4) is 0 Å². The number of aliphatic hydroxyl groups excluding tert-OH is 1. The van der Waals surface area contributed by atoms with E-state index >= 15 is 0 Å². The Morgan fingerprint density at radius 3 is 2.05 bits per heavy atom. The van der Waals surface area contributed by atoms with E-state index in [4.69, 9.17) is 20.4 Å². The average molecular weight is 286 g/mol. The van der Waals surface area contributed by atoms with Crippen LogP contribution in [0.5, 0.6) is 0 Å². The summed E-state index contributed by atoms with van der Waals surface area (Å²) in [6, 6.07) is 0. The van der Waals surface area contributed by atoms with Crippen molar-refractivity contribution < 1.29 is 34.8 Å². The van der Waals surface area contributed by atoms with Crippen LogP contribution in [0, 0.1) is 11.8 Å². The van der Waals surface area contributed by atoms with E-state index in [1.54, 1.807) is 13.0 Å². The summed E-state index contributed by atoms with van der Waals surface area (Å²) in [6.07, 6.45) is 5.22. The van der Waals surface area contributed by atoms with Crippen LogP contribution < -0.4 is 0 Å². The minimum Gasteiger partial charge on any atom is -0.515 e. The number of rotatable bonds is 4. The molecular formula is C13H18O7. The van der Waals surface area contributed by atoms with Crippen LogP contribution in [0.3, 0.4) is 0 Å². The molecule has 0 bridgehead atoms. The molecule has 0 saturated carbocycles. The summed E-state index contributed by atoms with van der Waals surface area (Å²) < 4.78 is 0. The SMILES string of the molecule is CCC(=CO)C(=O)O.O=C(O)C1C=CCCC1C(=O)O. The maximum Gasteiger partial charge on any atom is 0.334 e. The topological polar surface area (TPSA) is 132 Å². The van der Waals surface area contributed by atoms with Crippen molar-refractivity contribution in [2.75, 3.05) is 0 Å². The van der Waals surface area contributed by atoms with Gasteiger partial charge in [0.1, 0.15) is 0 Å². The Bertz CT molecular complexity index is 422. The fraction of sp³-hybridized carbons (Fsp3) is 0.462. The minimum atomic E-state index is -1.06. The predicted octanol–water partition coefficient (Wildman–Crippen LogP) is 1.66. The molecule has 0 aromatic rings. The molecule has 0 aromatic carbocycles. The lowest BCUT2D eigenvalue weighted by Crippen LogP contribution is -2.30. The maximum atomic E-state index is 10.6. The summed E-state index contributed by atoms with van der Waals surface area (Å²) in [5.41, 5.74) is 0.0324. The highest BCUT2D eigenvalue weighted by Crippen LogP contribution is 2.24. The zero-order valence-electron chi connectivity index (χ0n) is 11.0. The van der Waals surface area contributed by atoms with Crippen LogP contribution in [0.15, 0.2) is 24.0 Å². The second-order valence-corrected chi connectivity index (χ2v) is 4.13. The summed E-state index contributed by atoms with van der Waals surface area (Å²) in [5, 5.41) is 33.6. The van der Waals surface area contributed by atoms with Crippen molar-refractivity contribution in [2.24, 2.45) is 11.8 Å². The zero-order chi connectivity index (χ0) is 15.7. The van der Waals surface area contributed by atoms with Gasteiger partial charge in [0, 0.05) is 0 Å². The summed E-state index contributed by atoms with van der Waals surface area (Å²) in [5.74, 6) is -4.75. The largest absolute Gasteiger partial charge is 0.515 e. The van der Waals surface area contributed by atoms with Gasteiger partial charge in [0.15, 0.2) is 0 Å². The number of allylic oxidation sites excluding steroid dienone is 1. The Balaban J connectivity index is 0.000000396. The van der Waals surface area contributed by atoms with Crippen LogP contribution in [0.4, 0.5) is 0 Å². The quantitative estimate of drug-likeness (QED) is 0.351. The molecule has 0 aromatic heterocycles. The first-order chi connectivity index (χ1) is 9.34. The van der Waals surface area contributed by atoms with Crippen LogP contribution >= 0.6 is 0 Å².